The second-order valence-corrected chi connectivity index (χ2v) is 8.36. The van der Waals surface area contributed by atoms with Crippen molar-refractivity contribution in [1.82, 2.24) is 14.7 Å². The predicted octanol–water partition coefficient (Wildman–Crippen LogP) is 4.88. The third-order valence-electron chi connectivity index (χ3n) is 5.91. The Morgan fingerprint density at radius 3 is 2.49 bits per heavy atom. The van der Waals surface area contributed by atoms with Crippen molar-refractivity contribution in [2.45, 2.75) is 13.8 Å². The van der Waals surface area contributed by atoms with Crippen LogP contribution < -0.4 is 10.1 Å². The lowest BCUT2D eigenvalue weighted by atomic mass is 10.1. The lowest BCUT2D eigenvalue weighted by molar-refractivity contribution is -0.116. The van der Waals surface area contributed by atoms with Crippen molar-refractivity contribution < 1.29 is 14.3 Å². The molecule has 0 unspecified atom stereocenters. The number of amides is 2. The van der Waals surface area contributed by atoms with Crippen LogP contribution in [0.3, 0.4) is 0 Å². The van der Waals surface area contributed by atoms with Crippen molar-refractivity contribution >= 4 is 17.5 Å². The number of hydrogen-bond acceptors (Lipinski definition) is 4. The molecule has 7 nitrogen and oxygen atoms in total. The van der Waals surface area contributed by atoms with Crippen LogP contribution in [0.5, 0.6) is 5.75 Å². The molecule has 0 radical (unpaired) electrons. The van der Waals surface area contributed by atoms with Crippen LogP contribution in [0.25, 0.3) is 16.9 Å². The molecule has 0 fully saturated rings. The summed E-state index contributed by atoms with van der Waals surface area (Å²) in [5, 5.41) is 7.62. The van der Waals surface area contributed by atoms with E-state index >= 15 is 0 Å². The highest BCUT2D eigenvalue weighted by molar-refractivity contribution is 6.03. The van der Waals surface area contributed by atoms with Crippen LogP contribution in [0.2, 0.25) is 0 Å². The number of hydrogen-bond donors (Lipinski definition) is 1. The molecule has 35 heavy (non-hydrogen) atoms. The van der Waals surface area contributed by atoms with Crippen LogP contribution in [-0.4, -0.2) is 47.2 Å². The Hall–Kier alpha value is -4.39. The first-order valence-corrected chi connectivity index (χ1v) is 11.3. The average molecular weight is 469 g/mol. The van der Waals surface area contributed by atoms with Crippen LogP contribution in [0, 0.1) is 13.8 Å². The van der Waals surface area contributed by atoms with Crippen molar-refractivity contribution in [1.29, 1.82) is 0 Å². The molecule has 1 aromatic heterocycles. The van der Waals surface area contributed by atoms with Crippen molar-refractivity contribution in [2.75, 3.05) is 26.0 Å². The zero-order chi connectivity index (χ0) is 24.9. The van der Waals surface area contributed by atoms with E-state index in [-0.39, 0.29) is 18.4 Å². The molecule has 0 atom stereocenters. The van der Waals surface area contributed by atoms with Gasteiger partial charge in [-0.1, -0.05) is 42.5 Å². The number of carbonyl (C=O) groups is 2. The molecule has 0 saturated carbocycles. The Balaban J connectivity index is 1.62. The third-order valence-corrected chi connectivity index (χ3v) is 5.91. The minimum Gasteiger partial charge on any atom is -0.497 e. The Morgan fingerprint density at radius 2 is 1.74 bits per heavy atom. The summed E-state index contributed by atoms with van der Waals surface area (Å²) < 4.78 is 7.03. The maximum Gasteiger partial charge on any atom is 0.257 e. The molecule has 1 heterocycles. The number of carbonyl (C=O) groups excluding carboxylic acids is 2. The van der Waals surface area contributed by atoms with E-state index in [1.807, 2.05) is 86.6 Å². The molecule has 7 heteroatoms. The Labute approximate surface area is 205 Å². The first-order chi connectivity index (χ1) is 16.9. The van der Waals surface area contributed by atoms with Gasteiger partial charge < -0.3 is 15.0 Å². The number of likely N-dealkylation sites (N-methyl/N-ethyl adjacent to an activating group) is 1. The summed E-state index contributed by atoms with van der Waals surface area (Å²) in [6.45, 7) is 3.85. The SMILES string of the molecule is COc1cccc(-c2nn(-c3ccccc3)cc2C(=O)N(C)CC(=O)Nc2cccc(C)c2C)c1. The zero-order valence-corrected chi connectivity index (χ0v) is 20.3. The van der Waals surface area contributed by atoms with Gasteiger partial charge in [-0.3, -0.25) is 9.59 Å². The molecule has 1 N–H and O–H groups in total. The van der Waals surface area contributed by atoms with Gasteiger partial charge in [-0.2, -0.15) is 5.10 Å². The largest absolute Gasteiger partial charge is 0.497 e. The minimum absolute atomic E-state index is 0.0969. The molecule has 4 aromatic rings. The highest BCUT2D eigenvalue weighted by atomic mass is 16.5. The Morgan fingerprint density at radius 1 is 1.00 bits per heavy atom. The summed E-state index contributed by atoms with van der Waals surface area (Å²) in [6, 6.07) is 22.7. The van der Waals surface area contributed by atoms with Gasteiger partial charge in [-0.05, 0) is 55.3 Å². The van der Waals surface area contributed by atoms with Crippen LogP contribution in [-0.2, 0) is 4.79 Å². The fourth-order valence-corrected chi connectivity index (χ4v) is 3.80. The van der Waals surface area contributed by atoms with E-state index in [1.165, 1.54) is 4.90 Å². The standard InChI is InChI=1S/C28H28N4O3/c1-19-10-8-15-25(20(19)2)29-26(33)18-31(3)28(34)24-17-32(22-12-6-5-7-13-22)30-27(24)21-11-9-14-23(16-21)35-4/h5-17H,18H2,1-4H3,(H,29,33). The van der Waals surface area contributed by atoms with E-state index in [0.29, 0.717) is 17.0 Å². The van der Waals surface area contributed by atoms with Gasteiger partial charge in [-0.25, -0.2) is 4.68 Å². The van der Waals surface area contributed by atoms with E-state index in [2.05, 4.69) is 5.32 Å². The minimum atomic E-state index is -0.305. The van der Waals surface area contributed by atoms with Gasteiger partial charge in [0, 0.05) is 24.5 Å². The maximum atomic E-state index is 13.5. The number of aromatic nitrogens is 2. The van der Waals surface area contributed by atoms with Gasteiger partial charge in [0.15, 0.2) is 0 Å². The number of anilines is 1. The quantitative estimate of drug-likeness (QED) is 0.420. The van der Waals surface area contributed by atoms with E-state index in [4.69, 9.17) is 9.84 Å². The number of methoxy groups -OCH3 is 1. The molecular weight excluding hydrogens is 440 g/mol. The summed E-state index contributed by atoms with van der Waals surface area (Å²) in [5.41, 5.74) is 5.30. The fourth-order valence-electron chi connectivity index (χ4n) is 3.80. The van der Waals surface area contributed by atoms with E-state index in [0.717, 1.165) is 28.1 Å². The second kappa shape index (κ2) is 10.3. The van der Waals surface area contributed by atoms with Crippen molar-refractivity contribution in [2.24, 2.45) is 0 Å². The maximum absolute atomic E-state index is 13.5. The summed E-state index contributed by atoms with van der Waals surface area (Å²) >= 11 is 0. The molecule has 2 amide bonds. The fraction of sp³-hybridized carbons (Fsp3) is 0.179. The molecular formula is C28H28N4O3. The van der Waals surface area contributed by atoms with E-state index < -0.39 is 0 Å². The first-order valence-electron chi connectivity index (χ1n) is 11.3. The highest BCUT2D eigenvalue weighted by Gasteiger charge is 2.23. The van der Waals surface area contributed by atoms with Gasteiger partial charge in [0.1, 0.15) is 11.4 Å². The van der Waals surface area contributed by atoms with Crippen LogP contribution in [0.1, 0.15) is 21.5 Å². The molecule has 0 aliphatic carbocycles. The van der Waals surface area contributed by atoms with E-state index in [9.17, 15) is 9.59 Å². The molecule has 3 aromatic carbocycles. The van der Waals surface area contributed by atoms with Crippen LogP contribution in [0.15, 0.2) is 79.0 Å². The smallest absolute Gasteiger partial charge is 0.257 e. The normalized spacial score (nSPS) is 10.6. The number of nitrogens with one attached hydrogen (secondary N) is 1. The molecule has 178 valence electrons. The number of rotatable bonds is 7. The molecule has 0 saturated heterocycles. The first kappa shape index (κ1) is 23.8. The van der Waals surface area contributed by atoms with Crippen LogP contribution in [0.4, 0.5) is 5.69 Å². The lowest BCUT2D eigenvalue weighted by Crippen LogP contribution is -2.35. The van der Waals surface area contributed by atoms with Crippen molar-refractivity contribution in [3.63, 3.8) is 0 Å². The number of aryl methyl sites for hydroxylation is 1. The number of ether oxygens (including phenoxy) is 1. The topological polar surface area (TPSA) is 76.5 Å². The third kappa shape index (κ3) is 5.24. The number of para-hydroxylation sites is 1. The summed E-state index contributed by atoms with van der Waals surface area (Å²) in [6.07, 6.45) is 1.70. The van der Waals surface area contributed by atoms with Gasteiger partial charge in [0.05, 0.1) is 24.9 Å². The van der Waals surface area contributed by atoms with Gasteiger partial charge in [0.25, 0.3) is 5.91 Å². The Kier molecular flexibility index (Phi) is 6.96. The predicted molar refractivity (Wildman–Crippen MR) is 137 cm³/mol. The second-order valence-electron chi connectivity index (χ2n) is 8.36. The zero-order valence-electron chi connectivity index (χ0n) is 20.3. The summed E-state index contributed by atoms with van der Waals surface area (Å²) in [5.74, 6) is 0.0884. The molecule has 0 bridgehead atoms. The monoisotopic (exact) mass is 468 g/mol. The van der Waals surface area contributed by atoms with Crippen molar-refractivity contribution in [3.05, 3.63) is 95.7 Å². The number of nitrogens with zero attached hydrogens (tertiary/aromatic N) is 3. The summed E-state index contributed by atoms with van der Waals surface area (Å²) in [7, 11) is 3.20. The number of benzene rings is 3. The lowest BCUT2D eigenvalue weighted by Gasteiger charge is -2.18. The summed E-state index contributed by atoms with van der Waals surface area (Å²) in [4.78, 5) is 27.7. The molecule has 0 aliphatic rings. The van der Waals surface area contributed by atoms with Crippen molar-refractivity contribution in [3.8, 4) is 22.7 Å². The highest BCUT2D eigenvalue weighted by Crippen LogP contribution is 2.28. The molecule has 4 rings (SSSR count). The van der Waals surface area contributed by atoms with Crippen LogP contribution >= 0.6 is 0 Å². The average Bonchev–Trinajstić information content (AvgIpc) is 3.32. The van der Waals surface area contributed by atoms with E-state index in [1.54, 1.807) is 25.0 Å². The van der Waals surface area contributed by atoms with Gasteiger partial charge in [-0.15, -0.1) is 0 Å². The molecule has 0 aliphatic heterocycles. The van der Waals surface area contributed by atoms with Gasteiger partial charge >= 0.3 is 0 Å². The Bertz CT molecular complexity index is 1360. The van der Waals surface area contributed by atoms with Gasteiger partial charge in [0.2, 0.25) is 5.91 Å². The molecule has 0 spiro atoms.